The minimum absolute atomic E-state index is 0.0597. The van der Waals surface area contributed by atoms with Crippen LogP contribution >= 0.6 is 0 Å². The Labute approximate surface area is 97.6 Å². The van der Waals surface area contributed by atoms with E-state index in [1.165, 1.54) is 6.20 Å². The number of benzene rings is 1. The molecule has 0 saturated carbocycles. The van der Waals surface area contributed by atoms with Gasteiger partial charge in [0.2, 0.25) is 0 Å². The first-order chi connectivity index (χ1) is 8.22. The van der Waals surface area contributed by atoms with Crippen molar-refractivity contribution in [1.29, 1.82) is 0 Å². The van der Waals surface area contributed by atoms with Gasteiger partial charge in [-0.1, -0.05) is 29.4 Å². The van der Waals surface area contributed by atoms with E-state index in [-0.39, 0.29) is 11.3 Å². The van der Waals surface area contributed by atoms with Crippen LogP contribution in [0.15, 0.2) is 35.0 Å². The summed E-state index contributed by atoms with van der Waals surface area (Å²) in [6.07, 6.45) is 1.20. The molecule has 0 amide bonds. The number of aromatic carboxylic acids is 1. The number of carboxylic acids is 1. The monoisotopic (exact) mass is 233 g/mol. The van der Waals surface area contributed by atoms with E-state index in [1.807, 2.05) is 12.1 Å². The van der Waals surface area contributed by atoms with Gasteiger partial charge < -0.3 is 14.4 Å². The standard InChI is InChI=1S/C12H11NO4/c1-16-7-8-2-4-9(5-3-8)11-10(12(14)15)6-13-17-11/h2-6H,7H2,1H3,(H,14,15). The molecule has 0 bridgehead atoms. The first-order valence-corrected chi connectivity index (χ1v) is 4.98. The summed E-state index contributed by atoms with van der Waals surface area (Å²) in [6.45, 7) is 0.516. The maximum Gasteiger partial charge on any atom is 0.341 e. The van der Waals surface area contributed by atoms with E-state index in [1.54, 1.807) is 19.2 Å². The molecule has 0 fully saturated rings. The largest absolute Gasteiger partial charge is 0.477 e. The summed E-state index contributed by atoms with van der Waals surface area (Å²) < 4.78 is 9.94. The van der Waals surface area contributed by atoms with E-state index in [2.05, 4.69) is 5.16 Å². The van der Waals surface area contributed by atoms with Crippen molar-refractivity contribution in [2.45, 2.75) is 6.61 Å². The number of hydrogen-bond acceptors (Lipinski definition) is 4. The average molecular weight is 233 g/mol. The van der Waals surface area contributed by atoms with E-state index in [0.29, 0.717) is 12.2 Å². The number of carbonyl (C=O) groups is 1. The predicted octanol–water partition coefficient (Wildman–Crippen LogP) is 2.19. The van der Waals surface area contributed by atoms with Crippen LogP contribution in [0.4, 0.5) is 0 Å². The molecular formula is C12H11NO4. The third kappa shape index (κ3) is 2.34. The van der Waals surface area contributed by atoms with Crippen LogP contribution < -0.4 is 0 Å². The molecule has 0 unspecified atom stereocenters. The molecule has 5 nitrogen and oxygen atoms in total. The summed E-state index contributed by atoms with van der Waals surface area (Å²) in [5.41, 5.74) is 1.75. The molecule has 1 aromatic heterocycles. The first kappa shape index (κ1) is 11.3. The minimum atomic E-state index is -1.05. The fourth-order valence-corrected chi connectivity index (χ4v) is 1.52. The normalized spacial score (nSPS) is 10.4. The van der Waals surface area contributed by atoms with E-state index < -0.39 is 5.97 Å². The van der Waals surface area contributed by atoms with E-state index in [4.69, 9.17) is 14.4 Å². The average Bonchev–Trinajstić information content (AvgIpc) is 2.79. The summed E-state index contributed by atoms with van der Waals surface area (Å²) in [4.78, 5) is 10.9. The molecule has 0 spiro atoms. The van der Waals surface area contributed by atoms with Gasteiger partial charge in [-0.15, -0.1) is 0 Å². The zero-order valence-electron chi connectivity index (χ0n) is 9.21. The first-order valence-electron chi connectivity index (χ1n) is 4.98. The number of hydrogen-bond donors (Lipinski definition) is 1. The molecule has 0 atom stereocenters. The number of ether oxygens (including phenoxy) is 1. The highest BCUT2D eigenvalue weighted by atomic mass is 16.5. The topological polar surface area (TPSA) is 72.6 Å². The molecule has 5 heteroatoms. The maximum absolute atomic E-state index is 10.9. The smallest absolute Gasteiger partial charge is 0.341 e. The van der Waals surface area contributed by atoms with Gasteiger partial charge in [0.15, 0.2) is 5.76 Å². The van der Waals surface area contributed by atoms with E-state index >= 15 is 0 Å². The minimum Gasteiger partial charge on any atom is -0.477 e. The Bertz CT molecular complexity index is 516. The van der Waals surface area contributed by atoms with Crippen LogP contribution in [0.2, 0.25) is 0 Å². The molecule has 17 heavy (non-hydrogen) atoms. The second-order valence-corrected chi connectivity index (χ2v) is 3.50. The lowest BCUT2D eigenvalue weighted by atomic mass is 10.1. The van der Waals surface area contributed by atoms with Crippen molar-refractivity contribution in [1.82, 2.24) is 5.16 Å². The molecule has 0 radical (unpaired) electrons. The number of aromatic nitrogens is 1. The van der Waals surface area contributed by atoms with Crippen molar-refractivity contribution in [2.24, 2.45) is 0 Å². The Kier molecular flexibility index (Phi) is 3.20. The van der Waals surface area contributed by atoms with Gasteiger partial charge in [0.1, 0.15) is 5.56 Å². The maximum atomic E-state index is 10.9. The Balaban J connectivity index is 2.33. The third-order valence-corrected chi connectivity index (χ3v) is 2.33. The molecule has 1 aromatic carbocycles. The molecule has 0 saturated heterocycles. The fourth-order valence-electron chi connectivity index (χ4n) is 1.52. The zero-order chi connectivity index (χ0) is 12.3. The molecule has 0 aliphatic carbocycles. The van der Waals surface area contributed by atoms with Gasteiger partial charge in [-0.3, -0.25) is 0 Å². The van der Waals surface area contributed by atoms with Crippen LogP contribution in [0.25, 0.3) is 11.3 Å². The summed E-state index contributed by atoms with van der Waals surface area (Å²) in [6, 6.07) is 7.27. The SMILES string of the molecule is COCc1ccc(-c2oncc2C(=O)O)cc1. The third-order valence-electron chi connectivity index (χ3n) is 2.33. The highest BCUT2D eigenvalue weighted by Gasteiger charge is 2.16. The highest BCUT2D eigenvalue weighted by Crippen LogP contribution is 2.23. The van der Waals surface area contributed by atoms with Gasteiger partial charge in [-0.25, -0.2) is 4.79 Å². The van der Waals surface area contributed by atoms with Crippen LogP contribution in [0.1, 0.15) is 15.9 Å². The summed E-state index contributed by atoms with van der Waals surface area (Å²) in [7, 11) is 1.62. The van der Waals surface area contributed by atoms with Crippen LogP contribution in [-0.2, 0) is 11.3 Å². The van der Waals surface area contributed by atoms with Crippen LogP contribution in [0, 0.1) is 0 Å². The lowest BCUT2D eigenvalue weighted by Gasteiger charge is -2.01. The second-order valence-electron chi connectivity index (χ2n) is 3.50. The van der Waals surface area contributed by atoms with Gasteiger partial charge in [0.25, 0.3) is 0 Å². The van der Waals surface area contributed by atoms with Crippen LogP contribution in [0.5, 0.6) is 0 Å². The van der Waals surface area contributed by atoms with Crippen molar-refractivity contribution in [3.8, 4) is 11.3 Å². The Hall–Kier alpha value is -2.14. The molecule has 2 rings (SSSR count). The van der Waals surface area contributed by atoms with Crippen molar-refractivity contribution in [2.75, 3.05) is 7.11 Å². The fraction of sp³-hybridized carbons (Fsp3) is 0.167. The number of nitrogens with zero attached hydrogens (tertiary/aromatic N) is 1. The van der Waals surface area contributed by atoms with Crippen molar-refractivity contribution >= 4 is 5.97 Å². The second kappa shape index (κ2) is 4.80. The molecule has 0 aliphatic rings. The van der Waals surface area contributed by atoms with Crippen LogP contribution in [-0.4, -0.2) is 23.3 Å². The van der Waals surface area contributed by atoms with Gasteiger partial charge in [0.05, 0.1) is 12.8 Å². The molecule has 2 aromatic rings. The van der Waals surface area contributed by atoms with E-state index in [0.717, 1.165) is 5.56 Å². The molecular weight excluding hydrogens is 222 g/mol. The van der Waals surface area contributed by atoms with Crippen molar-refractivity contribution in [3.63, 3.8) is 0 Å². The van der Waals surface area contributed by atoms with Gasteiger partial charge >= 0.3 is 5.97 Å². The number of rotatable bonds is 4. The van der Waals surface area contributed by atoms with Gasteiger partial charge in [-0.05, 0) is 5.56 Å². The van der Waals surface area contributed by atoms with Crippen LogP contribution in [0.3, 0.4) is 0 Å². The molecule has 1 N–H and O–H groups in total. The van der Waals surface area contributed by atoms with Crippen molar-refractivity contribution < 1.29 is 19.2 Å². The zero-order valence-corrected chi connectivity index (χ0v) is 9.21. The summed E-state index contributed by atoms with van der Waals surface area (Å²) >= 11 is 0. The number of methoxy groups -OCH3 is 1. The Morgan fingerprint density at radius 2 is 2.12 bits per heavy atom. The number of carboxylic acid groups (broad SMARTS) is 1. The molecule has 1 heterocycles. The van der Waals surface area contributed by atoms with E-state index in [9.17, 15) is 4.79 Å². The van der Waals surface area contributed by atoms with Crippen molar-refractivity contribution in [3.05, 3.63) is 41.6 Å². The summed E-state index contributed by atoms with van der Waals surface area (Å²) in [5.74, 6) is -0.788. The summed E-state index contributed by atoms with van der Waals surface area (Å²) in [5, 5.41) is 12.4. The predicted molar refractivity (Wildman–Crippen MR) is 59.6 cm³/mol. The Morgan fingerprint density at radius 3 is 2.71 bits per heavy atom. The molecule has 88 valence electrons. The van der Waals surface area contributed by atoms with Gasteiger partial charge in [0, 0.05) is 12.7 Å². The molecule has 0 aliphatic heterocycles. The lowest BCUT2D eigenvalue weighted by Crippen LogP contribution is -1.96. The lowest BCUT2D eigenvalue weighted by molar-refractivity contribution is 0.0697. The quantitative estimate of drug-likeness (QED) is 0.876. The highest BCUT2D eigenvalue weighted by molar-refractivity contribution is 5.93. The van der Waals surface area contributed by atoms with Gasteiger partial charge in [-0.2, -0.15) is 0 Å². The Morgan fingerprint density at radius 1 is 1.41 bits per heavy atom.